The Morgan fingerprint density at radius 1 is 1.53 bits per heavy atom. The van der Waals surface area contributed by atoms with Crippen LogP contribution >= 0.6 is 27.7 Å². The van der Waals surface area contributed by atoms with E-state index in [-0.39, 0.29) is 11.5 Å². The van der Waals surface area contributed by atoms with Crippen LogP contribution in [0.2, 0.25) is 0 Å². The lowest BCUT2D eigenvalue weighted by molar-refractivity contribution is -0.132. The number of carboxylic acids is 1. The minimum absolute atomic E-state index is 0.264. The Kier molecular flexibility index (Phi) is 4.21. The molecule has 0 bridgehead atoms. The number of nitrogens with zero attached hydrogens (tertiary/aromatic N) is 1. The van der Waals surface area contributed by atoms with E-state index in [2.05, 4.69) is 20.9 Å². The number of amides is 1. The highest BCUT2D eigenvalue weighted by atomic mass is 79.9. The minimum atomic E-state index is -0.948. The molecule has 0 aliphatic carbocycles. The third-order valence-electron chi connectivity index (χ3n) is 2.57. The summed E-state index contributed by atoms with van der Waals surface area (Å²) in [4.78, 5) is 26.9. The summed E-state index contributed by atoms with van der Waals surface area (Å²) in [7, 11) is 0. The SMILES string of the molecule is C/C(=C\CSC1=c2cc(Br)ccc2=NC1=O)C(=O)O. The first-order valence-corrected chi connectivity index (χ1v) is 7.22. The van der Waals surface area contributed by atoms with Gasteiger partial charge in [-0.15, -0.1) is 11.8 Å². The molecule has 0 unspecified atom stereocenters. The van der Waals surface area contributed by atoms with Gasteiger partial charge in [-0.3, -0.25) is 4.79 Å². The molecule has 98 valence electrons. The molecular formula is C13H10BrNO3S. The molecule has 0 saturated heterocycles. The first kappa shape index (κ1) is 14.0. The van der Waals surface area contributed by atoms with Crippen molar-refractivity contribution in [3.8, 4) is 0 Å². The van der Waals surface area contributed by atoms with E-state index in [1.807, 2.05) is 12.1 Å². The number of hydrogen-bond acceptors (Lipinski definition) is 3. The van der Waals surface area contributed by atoms with Gasteiger partial charge in [0.2, 0.25) is 0 Å². The fourth-order valence-corrected chi connectivity index (χ4v) is 2.89. The molecule has 0 fully saturated rings. The van der Waals surface area contributed by atoms with E-state index < -0.39 is 5.97 Å². The smallest absolute Gasteiger partial charge is 0.330 e. The summed E-state index contributed by atoms with van der Waals surface area (Å²) < 4.78 is 0.881. The molecule has 1 aliphatic heterocycles. The van der Waals surface area contributed by atoms with Crippen molar-refractivity contribution >= 4 is 44.5 Å². The van der Waals surface area contributed by atoms with Gasteiger partial charge in [-0.05, 0) is 25.1 Å². The molecule has 1 aromatic rings. The van der Waals surface area contributed by atoms with Gasteiger partial charge >= 0.3 is 5.97 Å². The van der Waals surface area contributed by atoms with E-state index in [1.165, 1.54) is 18.7 Å². The molecule has 0 spiro atoms. The second-order valence-corrected chi connectivity index (χ2v) is 5.86. The summed E-state index contributed by atoms with van der Waals surface area (Å²) >= 11 is 4.66. The van der Waals surface area contributed by atoms with Crippen molar-refractivity contribution in [2.75, 3.05) is 5.75 Å². The highest BCUT2D eigenvalue weighted by Gasteiger charge is 2.16. The maximum Gasteiger partial charge on any atom is 0.330 e. The lowest BCUT2D eigenvalue weighted by Crippen LogP contribution is -2.22. The maximum absolute atomic E-state index is 11.8. The van der Waals surface area contributed by atoms with Crippen LogP contribution in [0.25, 0.3) is 4.91 Å². The van der Waals surface area contributed by atoms with Gasteiger partial charge in [-0.1, -0.05) is 22.0 Å². The fourth-order valence-electron chi connectivity index (χ4n) is 1.54. The quantitative estimate of drug-likeness (QED) is 0.844. The zero-order chi connectivity index (χ0) is 14.0. The molecule has 1 N–H and O–H groups in total. The van der Waals surface area contributed by atoms with Crippen molar-refractivity contribution in [2.45, 2.75) is 6.92 Å². The van der Waals surface area contributed by atoms with Crippen molar-refractivity contribution < 1.29 is 14.7 Å². The first-order valence-electron chi connectivity index (χ1n) is 5.45. The van der Waals surface area contributed by atoms with E-state index in [4.69, 9.17) is 5.11 Å². The van der Waals surface area contributed by atoms with Gasteiger partial charge in [-0.2, -0.15) is 0 Å². The number of aliphatic carboxylic acids is 1. The van der Waals surface area contributed by atoms with Crippen molar-refractivity contribution in [1.82, 2.24) is 0 Å². The standard InChI is InChI=1S/C13H10BrNO3S/c1-7(13(17)18)4-5-19-11-9-6-8(14)2-3-10(9)15-12(11)16/h2-4,6H,5H2,1H3,(H,17,18)/b7-4+. The van der Waals surface area contributed by atoms with E-state index in [0.29, 0.717) is 16.0 Å². The number of halogens is 1. The first-order chi connectivity index (χ1) is 8.99. The van der Waals surface area contributed by atoms with Crippen LogP contribution in [0.4, 0.5) is 0 Å². The second-order valence-electron chi connectivity index (χ2n) is 3.91. The van der Waals surface area contributed by atoms with Crippen LogP contribution in [0.3, 0.4) is 0 Å². The third kappa shape index (κ3) is 3.13. The van der Waals surface area contributed by atoms with E-state index in [9.17, 15) is 9.59 Å². The topological polar surface area (TPSA) is 66.7 Å². The number of carbonyl (C=O) groups is 2. The second kappa shape index (κ2) is 5.71. The number of benzene rings is 1. The van der Waals surface area contributed by atoms with E-state index >= 15 is 0 Å². The number of hydrogen-bond donors (Lipinski definition) is 1. The van der Waals surface area contributed by atoms with Gasteiger partial charge in [-0.25, -0.2) is 9.79 Å². The maximum atomic E-state index is 11.8. The summed E-state index contributed by atoms with van der Waals surface area (Å²) in [6.45, 7) is 1.53. The predicted molar refractivity (Wildman–Crippen MR) is 77.2 cm³/mol. The van der Waals surface area contributed by atoms with Gasteiger partial charge in [0.1, 0.15) is 0 Å². The molecule has 1 heterocycles. The molecule has 4 nitrogen and oxygen atoms in total. The van der Waals surface area contributed by atoms with Crippen LogP contribution in [0.1, 0.15) is 6.92 Å². The average Bonchev–Trinajstić information content (AvgIpc) is 2.65. The van der Waals surface area contributed by atoms with E-state index in [0.717, 1.165) is 9.69 Å². The molecule has 0 atom stereocenters. The van der Waals surface area contributed by atoms with Gasteiger partial charge in [0, 0.05) is 21.0 Å². The Balaban J connectivity index is 2.28. The van der Waals surface area contributed by atoms with Crippen molar-refractivity contribution in [1.29, 1.82) is 0 Å². The molecular weight excluding hydrogens is 330 g/mol. The predicted octanol–water partition coefficient (Wildman–Crippen LogP) is 1.48. The summed E-state index contributed by atoms with van der Waals surface area (Å²) in [6, 6.07) is 5.46. The van der Waals surface area contributed by atoms with Gasteiger partial charge in [0.05, 0.1) is 10.3 Å². The molecule has 1 amide bonds. The van der Waals surface area contributed by atoms with E-state index in [1.54, 1.807) is 12.1 Å². The summed E-state index contributed by atoms with van der Waals surface area (Å²) in [6.07, 6.45) is 1.59. The van der Waals surface area contributed by atoms with Crippen molar-refractivity contribution in [3.63, 3.8) is 0 Å². The Morgan fingerprint density at radius 3 is 2.95 bits per heavy atom. The molecule has 6 heteroatoms. The monoisotopic (exact) mass is 339 g/mol. The lowest BCUT2D eigenvalue weighted by Gasteiger charge is -1.98. The van der Waals surface area contributed by atoms with Crippen LogP contribution < -0.4 is 10.6 Å². The zero-order valence-electron chi connectivity index (χ0n) is 10.0. The number of carbonyl (C=O) groups excluding carboxylic acids is 1. The molecule has 1 aromatic carbocycles. The van der Waals surface area contributed by atoms with Crippen LogP contribution in [0, 0.1) is 0 Å². The normalized spacial score (nSPS) is 14.3. The summed E-state index contributed by atoms with van der Waals surface area (Å²) in [5.41, 5.74) is 0.268. The summed E-state index contributed by atoms with van der Waals surface area (Å²) in [5.74, 6) is -0.781. The van der Waals surface area contributed by atoms with Crippen LogP contribution in [0.5, 0.6) is 0 Å². The number of thioether (sulfide) groups is 1. The molecule has 0 radical (unpaired) electrons. The Labute approximate surface area is 122 Å². The highest BCUT2D eigenvalue weighted by molar-refractivity contribution is 9.10. The number of fused-ring (bicyclic) bond motifs is 1. The van der Waals surface area contributed by atoms with Crippen molar-refractivity contribution in [2.24, 2.45) is 4.99 Å². The lowest BCUT2D eigenvalue weighted by atomic mass is 10.3. The van der Waals surface area contributed by atoms with Crippen LogP contribution in [-0.4, -0.2) is 22.7 Å². The van der Waals surface area contributed by atoms with Crippen LogP contribution in [-0.2, 0) is 9.59 Å². The summed E-state index contributed by atoms with van der Waals surface area (Å²) in [5, 5.41) is 10.2. The van der Waals surface area contributed by atoms with Crippen molar-refractivity contribution in [3.05, 3.63) is 44.9 Å². The largest absolute Gasteiger partial charge is 0.478 e. The Hall–Kier alpha value is -1.40. The van der Waals surface area contributed by atoms with Gasteiger partial charge in [0.25, 0.3) is 5.91 Å². The number of carboxylic acid groups (broad SMARTS) is 1. The Bertz CT molecular complexity index is 709. The molecule has 0 aromatic heterocycles. The number of rotatable bonds is 4. The van der Waals surface area contributed by atoms with Crippen LogP contribution in [0.15, 0.2) is 39.3 Å². The third-order valence-corrected chi connectivity index (χ3v) is 4.08. The fraction of sp³-hybridized carbons (Fsp3) is 0.154. The Morgan fingerprint density at radius 2 is 2.26 bits per heavy atom. The zero-order valence-corrected chi connectivity index (χ0v) is 12.4. The highest BCUT2D eigenvalue weighted by Crippen LogP contribution is 2.20. The molecule has 19 heavy (non-hydrogen) atoms. The molecule has 2 rings (SSSR count). The minimum Gasteiger partial charge on any atom is -0.478 e. The molecule has 1 aliphatic rings. The average molecular weight is 340 g/mol. The van der Waals surface area contributed by atoms with Gasteiger partial charge < -0.3 is 5.11 Å². The molecule has 0 saturated carbocycles. The van der Waals surface area contributed by atoms with Gasteiger partial charge in [0.15, 0.2) is 0 Å².